The van der Waals surface area contributed by atoms with E-state index in [-0.39, 0.29) is 10.5 Å². The Labute approximate surface area is 179 Å². The van der Waals surface area contributed by atoms with Gasteiger partial charge in [-0.3, -0.25) is 9.69 Å². The third kappa shape index (κ3) is 4.61. The lowest BCUT2D eigenvalue weighted by Gasteiger charge is -2.22. The Bertz CT molecular complexity index is 1170. The fourth-order valence-corrected chi connectivity index (χ4v) is 4.98. The molecule has 0 unspecified atom stereocenters. The smallest absolute Gasteiger partial charge is 0.261 e. The van der Waals surface area contributed by atoms with Crippen LogP contribution in [0.3, 0.4) is 0 Å². The monoisotopic (exact) mass is 451 g/mol. The highest BCUT2D eigenvalue weighted by Gasteiger charge is 2.26. The molecular formula is C20H22ClN3O3S2. The molecule has 0 N–H and O–H groups in total. The normalized spacial score (nSPS) is 11.9. The Morgan fingerprint density at radius 2 is 1.83 bits per heavy atom. The lowest BCUT2D eigenvalue weighted by Crippen LogP contribution is -2.37. The highest BCUT2D eigenvalue weighted by Crippen LogP contribution is 2.34. The van der Waals surface area contributed by atoms with Crippen molar-refractivity contribution in [1.29, 1.82) is 0 Å². The summed E-state index contributed by atoms with van der Waals surface area (Å²) in [7, 11) is 0.269. The molecule has 0 bridgehead atoms. The third-order valence-corrected chi connectivity index (χ3v) is 7.11. The Balaban J connectivity index is 2.12. The number of rotatable bonds is 6. The number of amides is 1. The molecule has 0 atom stereocenters. The Hall–Kier alpha value is -2.00. The van der Waals surface area contributed by atoms with Crippen LogP contribution >= 0.6 is 22.9 Å². The molecule has 1 heterocycles. The second kappa shape index (κ2) is 8.39. The number of sulfone groups is 1. The van der Waals surface area contributed by atoms with Gasteiger partial charge in [0.15, 0.2) is 15.0 Å². The maximum absolute atomic E-state index is 13.4. The summed E-state index contributed by atoms with van der Waals surface area (Å²) in [5.41, 5.74) is 1.74. The van der Waals surface area contributed by atoms with E-state index in [1.54, 1.807) is 17.0 Å². The number of hydrogen-bond donors (Lipinski definition) is 0. The maximum atomic E-state index is 13.4. The van der Waals surface area contributed by atoms with Gasteiger partial charge in [-0.15, -0.1) is 0 Å². The summed E-state index contributed by atoms with van der Waals surface area (Å²) in [6.07, 6.45) is 1.10. The number of carbonyl (C=O) groups excluding carboxylic acids is 1. The van der Waals surface area contributed by atoms with Crippen LogP contribution in [-0.2, 0) is 9.84 Å². The van der Waals surface area contributed by atoms with Crippen LogP contribution in [0, 0.1) is 6.92 Å². The Kier molecular flexibility index (Phi) is 6.28. The molecule has 0 radical (unpaired) electrons. The molecule has 1 aromatic heterocycles. The van der Waals surface area contributed by atoms with E-state index >= 15 is 0 Å². The van der Waals surface area contributed by atoms with E-state index in [1.807, 2.05) is 38.1 Å². The van der Waals surface area contributed by atoms with E-state index in [9.17, 15) is 13.2 Å². The van der Waals surface area contributed by atoms with Gasteiger partial charge < -0.3 is 4.90 Å². The minimum Gasteiger partial charge on any atom is -0.308 e. The lowest BCUT2D eigenvalue weighted by atomic mass is 10.2. The van der Waals surface area contributed by atoms with E-state index in [4.69, 9.17) is 11.6 Å². The van der Waals surface area contributed by atoms with Crippen molar-refractivity contribution in [3.8, 4) is 0 Å². The number of aromatic nitrogens is 1. The van der Waals surface area contributed by atoms with Crippen molar-refractivity contribution in [2.45, 2.75) is 11.8 Å². The second-order valence-corrected chi connectivity index (χ2v) is 10.4. The molecule has 6 nitrogen and oxygen atoms in total. The van der Waals surface area contributed by atoms with Gasteiger partial charge in [0.2, 0.25) is 0 Å². The number of carbonyl (C=O) groups is 1. The van der Waals surface area contributed by atoms with Crippen molar-refractivity contribution in [1.82, 2.24) is 9.88 Å². The fourth-order valence-electron chi connectivity index (χ4n) is 2.90. The molecule has 0 aliphatic heterocycles. The number of likely N-dealkylation sites (N-methyl/N-ethyl adjacent to an activating group) is 1. The molecule has 0 saturated heterocycles. The topological polar surface area (TPSA) is 70.6 Å². The fraction of sp³-hybridized carbons (Fsp3) is 0.300. The number of benzene rings is 2. The molecule has 0 fully saturated rings. The summed E-state index contributed by atoms with van der Waals surface area (Å²) < 4.78 is 25.3. The lowest BCUT2D eigenvalue weighted by molar-refractivity contribution is 0.0982. The first-order valence-electron chi connectivity index (χ1n) is 8.91. The standard InChI is InChI=1S/C20H22ClN3O3S2/c1-13-15(21)9-10-16-18(13)22-20(28-16)24(12-11-23(2)3)19(25)14-7-5-6-8-17(14)29(4,26)27/h5-10H,11-12H2,1-4H3. The first kappa shape index (κ1) is 21.7. The van der Waals surface area contributed by atoms with Gasteiger partial charge in [0.1, 0.15) is 0 Å². The van der Waals surface area contributed by atoms with Gasteiger partial charge in [0.25, 0.3) is 5.91 Å². The van der Waals surface area contributed by atoms with Crippen LogP contribution in [0.25, 0.3) is 10.2 Å². The second-order valence-electron chi connectivity index (χ2n) is 7.04. The van der Waals surface area contributed by atoms with Gasteiger partial charge in [-0.05, 0) is 50.8 Å². The highest BCUT2D eigenvalue weighted by molar-refractivity contribution is 7.90. The Morgan fingerprint density at radius 1 is 1.14 bits per heavy atom. The van der Waals surface area contributed by atoms with Crippen LogP contribution in [0.1, 0.15) is 15.9 Å². The van der Waals surface area contributed by atoms with Crippen molar-refractivity contribution >= 4 is 54.0 Å². The van der Waals surface area contributed by atoms with Crippen molar-refractivity contribution in [2.75, 3.05) is 38.3 Å². The number of nitrogens with zero attached hydrogens (tertiary/aromatic N) is 3. The highest BCUT2D eigenvalue weighted by atomic mass is 35.5. The van der Waals surface area contributed by atoms with Gasteiger partial charge in [0.05, 0.1) is 20.7 Å². The van der Waals surface area contributed by atoms with Crippen molar-refractivity contribution in [3.05, 3.63) is 52.5 Å². The van der Waals surface area contributed by atoms with E-state index in [0.29, 0.717) is 23.2 Å². The largest absolute Gasteiger partial charge is 0.308 e. The summed E-state index contributed by atoms with van der Waals surface area (Å²) in [5.74, 6) is -0.393. The molecule has 3 aromatic rings. The van der Waals surface area contributed by atoms with E-state index in [0.717, 1.165) is 22.0 Å². The van der Waals surface area contributed by atoms with Crippen molar-refractivity contribution < 1.29 is 13.2 Å². The number of thiazole rings is 1. The molecule has 3 rings (SSSR count). The van der Waals surface area contributed by atoms with Gasteiger partial charge in [0, 0.05) is 24.4 Å². The van der Waals surface area contributed by atoms with Crippen molar-refractivity contribution in [3.63, 3.8) is 0 Å². The van der Waals surface area contributed by atoms with E-state index in [1.165, 1.54) is 23.5 Å². The van der Waals surface area contributed by atoms with Gasteiger partial charge in [-0.25, -0.2) is 13.4 Å². The predicted molar refractivity (Wildman–Crippen MR) is 119 cm³/mol. The number of fused-ring (bicyclic) bond motifs is 1. The molecule has 29 heavy (non-hydrogen) atoms. The Morgan fingerprint density at radius 3 is 2.48 bits per heavy atom. The quantitative estimate of drug-likeness (QED) is 0.569. The van der Waals surface area contributed by atoms with Crippen molar-refractivity contribution in [2.24, 2.45) is 0 Å². The molecule has 0 aliphatic carbocycles. The molecule has 2 aromatic carbocycles. The molecule has 1 amide bonds. The van der Waals surface area contributed by atoms with Gasteiger partial charge in [-0.1, -0.05) is 35.1 Å². The van der Waals surface area contributed by atoms with Crippen LogP contribution in [-0.4, -0.2) is 57.6 Å². The molecule has 9 heteroatoms. The molecule has 0 saturated carbocycles. The SMILES string of the molecule is Cc1c(Cl)ccc2sc(N(CCN(C)C)C(=O)c3ccccc3S(C)(=O)=O)nc12. The van der Waals surface area contributed by atoms with Gasteiger partial charge in [-0.2, -0.15) is 0 Å². The number of hydrogen-bond acceptors (Lipinski definition) is 6. The number of halogens is 1. The minimum absolute atomic E-state index is 0.0141. The zero-order chi connectivity index (χ0) is 21.3. The predicted octanol–water partition coefficient (Wildman–Crippen LogP) is 3.87. The molecule has 0 aliphatic rings. The van der Waals surface area contributed by atoms with Gasteiger partial charge >= 0.3 is 0 Å². The first-order valence-corrected chi connectivity index (χ1v) is 12.0. The summed E-state index contributed by atoms with van der Waals surface area (Å²) in [6.45, 7) is 2.86. The van der Waals surface area contributed by atoms with Crippen LogP contribution < -0.4 is 4.90 Å². The minimum atomic E-state index is -3.55. The van der Waals surface area contributed by atoms with Crippen LogP contribution in [0.2, 0.25) is 5.02 Å². The van der Waals surface area contributed by atoms with Crippen LogP contribution in [0.4, 0.5) is 5.13 Å². The number of anilines is 1. The first-order chi connectivity index (χ1) is 13.6. The zero-order valence-electron chi connectivity index (χ0n) is 16.6. The molecule has 154 valence electrons. The van der Waals surface area contributed by atoms with E-state index in [2.05, 4.69) is 4.98 Å². The average Bonchev–Trinajstić information content (AvgIpc) is 3.08. The maximum Gasteiger partial charge on any atom is 0.261 e. The van der Waals surface area contributed by atoms with Crippen LogP contribution in [0.5, 0.6) is 0 Å². The summed E-state index contributed by atoms with van der Waals surface area (Å²) in [5, 5.41) is 1.13. The average molecular weight is 452 g/mol. The number of aryl methyl sites for hydroxylation is 1. The molecule has 0 spiro atoms. The van der Waals surface area contributed by atoms with E-state index < -0.39 is 15.7 Å². The zero-order valence-corrected chi connectivity index (χ0v) is 19.0. The third-order valence-electron chi connectivity index (χ3n) is 4.50. The summed E-state index contributed by atoms with van der Waals surface area (Å²) in [6, 6.07) is 9.96. The van der Waals surface area contributed by atoms with Crippen LogP contribution in [0.15, 0.2) is 41.3 Å². The molecular weight excluding hydrogens is 430 g/mol. The summed E-state index contributed by atoms with van der Waals surface area (Å²) >= 11 is 7.60. The summed E-state index contributed by atoms with van der Waals surface area (Å²) in [4.78, 5) is 21.6.